The Morgan fingerprint density at radius 1 is 1.36 bits per heavy atom. The summed E-state index contributed by atoms with van der Waals surface area (Å²) in [6.45, 7) is 5.52. The minimum atomic E-state index is -0.721. The number of nitrogens with zero attached hydrogens (tertiary/aromatic N) is 5. The molecule has 3 heterocycles. The fourth-order valence-electron chi connectivity index (χ4n) is 2.46. The minimum absolute atomic E-state index is 0.363. The number of halogens is 1. The van der Waals surface area contributed by atoms with E-state index in [0.717, 1.165) is 35.2 Å². The van der Waals surface area contributed by atoms with Gasteiger partial charge in [-0.05, 0) is 22.5 Å². The Morgan fingerprint density at radius 3 is 2.77 bits per heavy atom. The van der Waals surface area contributed by atoms with Crippen molar-refractivity contribution >= 4 is 28.2 Å². The molecule has 2 aromatic heterocycles. The van der Waals surface area contributed by atoms with Gasteiger partial charge in [-0.15, -0.1) is 0 Å². The highest BCUT2D eigenvalue weighted by molar-refractivity contribution is 6.30. The molecule has 0 aromatic carbocycles. The summed E-state index contributed by atoms with van der Waals surface area (Å²) in [5.74, 6) is 0.770. The largest absolute Gasteiger partial charge is 0.364 e. The molecule has 2 aromatic rings. The van der Waals surface area contributed by atoms with Crippen molar-refractivity contribution in [3.05, 3.63) is 39.6 Å². The van der Waals surface area contributed by atoms with Gasteiger partial charge in [0, 0.05) is 35.8 Å². The van der Waals surface area contributed by atoms with E-state index in [0.29, 0.717) is 11.2 Å². The molecule has 1 fully saturated rings. The van der Waals surface area contributed by atoms with Crippen LogP contribution in [0.25, 0.3) is 21.2 Å². The molecule has 0 unspecified atom stereocenters. The van der Waals surface area contributed by atoms with Crippen molar-refractivity contribution in [2.75, 3.05) is 18.4 Å². The Kier molecular flexibility index (Phi) is 3.78. The Morgan fingerprint density at radius 2 is 2.14 bits per heavy atom. The Labute approximate surface area is 132 Å². The molecule has 114 valence electrons. The average molecular weight is 318 g/mol. The Balaban J connectivity index is 2.16. The van der Waals surface area contributed by atoms with Crippen molar-refractivity contribution in [3.8, 4) is 0 Å². The quantitative estimate of drug-likeness (QED) is 0.391. The van der Waals surface area contributed by atoms with Crippen LogP contribution >= 0.6 is 11.6 Å². The topological polar surface area (TPSA) is 98.6 Å². The molecule has 0 amide bonds. The van der Waals surface area contributed by atoms with Gasteiger partial charge in [-0.25, -0.2) is 9.97 Å². The highest BCUT2D eigenvalue weighted by atomic mass is 35.5. The van der Waals surface area contributed by atoms with E-state index in [1.54, 1.807) is 18.5 Å². The van der Waals surface area contributed by atoms with E-state index in [-0.39, 0.29) is 0 Å². The lowest BCUT2D eigenvalue weighted by molar-refractivity contribution is 0.471. The lowest BCUT2D eigenvalue weighted by Crippen LogP contribution is -2.51. The lowest BCUT2D eigenvalue weighted by atomic mass is 9.92. The van der Waals surface area contributed by atoms with Crippen LogP contribution in [0, 0.1) is 0 Å². The number of azide groups is 1. The summed E-state index contributed by atoms with van der Waals surface area (Å²) in [7, 11) is 0. The van der Waals surface area contributed by atoms with E-state index >= 15 is 0 Å². The first-order valence-corrected chi connectivity index (χ1v) is 7.37. The van der Waals surface area contributed by atoms with Crippen LogP contribution < -0.4 is 10.6 Å². The zero-order valence-corrected chi connectivity index (χ0v) is 13.1. The zero-order valence-electron chi connectivity index (χ0n) is 12.3. The maximum Gasteiger partial charge on any atom is 0.135 e. The third-order valence-electron chi connectivity index (χ3n) is 3.81. The summed E-state index contributed by atoms with van der Waals surface area (Å²) in [6, 6.07) is 2.15. The van der Waals surface area contributed by atoms with Crippen molar-refractivity contribution in [2.45, 2.75) is 25.4 Å². The lowest BCUT2D eigenvalue weighted by Gasteiger charge is -2.29. The first-order chi connectivity index (χ1) is 10.5. The van der Waals surface area contributed by atoms with E-state index in [4.69, 9.17) is 17.1 Å². The smallest absolute Gasteiger partial charge is 0.135 e. The summed E-state index contributed by atoms with van der Waals surface area (Å²) < 4.78 is 0. The van der Waals surface area contributed by atoms with Gasteiger partial charge in [0.15, 0.2) is 0 Å². The van der Waals surface area contributed by atoms with E-state index < -0.39 is 5.54 Å². The van der Waals surface area contributed by atoms with E-state index in [9.17, 15) is 0 Å². The molecule has 0 atom stereocenters. The number of hydrogen-bond acceptors (Lipinski definition) is 5. The molecule has 0 bridgehead atoms. The monoisotopic (exact) mass is 317 g/mol. The second-order valence-corrected chi connectivity index (χ2v) is 6.21. The molecule has 3 rings (SSSR count). The molecule has 1 aliphatic rings. The van der Waals surface area contributed by atoms with Crippen LogP contribution in [0.5, 0.6) is 0 Å². The summed E-state index contributed by atoms with van der Waals surface area (Å²) in [4.78, 5) is 11.6. The van der Waals surface area contributed by atoms with Gasteiger partial charge in [0.2, 0.25) is 0 Å². The van der Waals surface area contributed by atoms with Crippen molar-refractivity contribution in [3.63, 3.8) is 0 Å². The number of rotatable bonds is 4. The molecule has 0 spiro atoms. The number of pyridine rings is 2. The number of aromatic nitrogens is 2. The third-order valence-corrected chi connectivity index (χ3v) is 4.02. The Bertz CT molecular complexity index is 763. The number of anilines is 1. The van der Waals surface area contributed by atoms with Gasteiger partial charge in [-0.1, -0.05) is 30.6 Å². The fraction of sp³-hybridized carbons (Fsp3) is 0.429. The molecule has 0 saturated carbocycles. The van der Waals surface area contributed by atoms with Crippen LogP contribution in [0.4, 0.5) is 5.82 Å². The van der Waals surface area contributed by atoms with Crippen LogP contribution in [0.3, 0.4) is 0 Å². The SMILES string of the molecule is CC(C)(N=[N+]=[N-])c1cnc(NC2CNC2)c2cnc(Cl)cc12. The van der Waals surface area contributed by atoms with Gasteiger partial charge in [-0.3, -0.25) is 0 Å². The van der Waals surface area contributed by atoms with Crippen molar-refractivity contribution < 1.29 is 0 Å². The normalized spacial score (nSPS) is 15.2. The fourth-order valence-corrected chi connectivity index (χ4v) is 2.62. The predicted molar refractivity (Wildman–Crippen MR) is 87.0 cm³/mol. The van der Waals surface area contributed by atoms with E-state index in [1.165, 1.54) is 0 Å². The van der Waals surface area contributed by atoms with Gasteiger partial charge in [0.25, 0.3) is 0 Å². The van der Waals surface area contributed by atoms with Crippen LogP contribution in [0.2, 0.25) is 5.15 Å². The highest BCUT2D eigenvalue weighted by Crippen LogP contribution is 2.34. The van der Waals surface area contributed by atoms with Crippen molar-refractivity contribution in [2.24, 2.45) is 5.11 Å². The second kappa shape index (κ2) is 5.61. The molecule has 1 aliphatic heterocycles. The first kappa shape index (κ1) is 14.8. The minimum Gasteiger partial charge on any atom is -0.364 e. The van der Waals surface area contributed by atoms with E-state index in [2.05, 4.69) is 30.6 Å². The van der Waals surface area contributed by atoms with E-state index in [1.807, 2.05) is 13.8 Å². The van der Waals surface area contributed by atoms with Crippen LogP contribution in [0.1, 0.15) is 19.4 Å². The molecular formula is C14H16ClN7. The molecular weight excluding hydrogens is 302 g/mol. The standard InChI is InChI=1S/C14H16ClN7/c1-14(2,21-22-16)11-7-19-13(20-8-4-17-5-8)10-6-18-12(15)3-9(10)11/h3,6-8,17H,4-5H2,1-2H3,(H,19,20). The molecule has 22 heavy (non-hydrogen) atoms. The second-order valence-electron chi connectivity index (χ2n) is 5.82. The van der Waals surface area contributed by atoms with Gasteiger partial charge in [-0.2, -0.15) is 0 Å². The molecule has 2 N–H and O–H groups in total. The average Bonchev–Trinajstić information content (AvgIpc) is 2.42. The van der Waals surface area contributed by atoms with Gasteiger partial charge in [0.1, 0.15) is 11.0 Å². The maximum atomic E-state index is 8.78. The van der Waals surface area contributed by atoms with Crippen molar-refractivity contribution in [1.82, 2.24) is 15.3 Å². The number of hydrogen-bond donors (Lipinski definition) is 2. The highest BCUT2D eigenvalue weighted by Gasteiger charge is 2.24. The van der Waals surface area contributed by atoms with Crippen molar-refractivity contribution in [1.29, 1.82) is 0 Å². The summed E-state index contributed by atoms with van der Waals surface area (Å²) in [6.07, 6.45) is 3.44. The Hall–Kier alpha value is -2.08. The van der Waals surface area contributed by atoms with Crippen LogP contribution in [0.15, 0.2) is 23.6 Å². The molecule has 7 nitrogen and oxygen atoms in total. The number of nitrogens with one attached hydrogen (secondary N) is 2. The number of fused-ring (bicyclic) bond motifs is 1. The van der Waals surface area contributed by atoms with Gasteiger partial charge >= 0.3 is 0 Å². The summed E-state index contributed by atoms with van der Waals surface area (Å²) >= 11 is 6.05. The molecule has 1 saturated heterocycles. The third kappa shape index (κ3) is 2.66. The predicted octanol–water partition coefficient (Wildman–Crippen LogP) is 3.21. The first-order valence-electron chi connectivity index (χ1n) is 6.99. The van der Waals surface area contributed by atoms with Gasteiger partial charge < -0.3 is 10.6 Å². The molecule has 0 radical (unpaired) electrons. The molecule has 0 aliphatic carbocycles. The maximum absolute atomic E-state index is 8.78. The van der Waals surface area contributed by atoms with Gasteiger partial charge in [0.05, 0.1) is 11.6 Å². The van der Waals surface area contributed by atoms with Crippen LogP contribution in [-0.2, 0) is 5.54 Å². The summed E-state index contributed by atoms with van der Waals surface area (Å²) in [5, 5.41) is 12.6. The van der Waals surface area contributed by atoms with Crippen LogP contribution in [-0.4, -0.2) is 29.1 Å². The molecule has 8 heteroatoms. The zero-order chi connectivity index (χ0) is 15.7. The summed E-state index contributed by atoms with van der Waals surface area (Å²) in [5.41, 5.74) is 8.88.